The summed E-state index contributed by atoms with van der Waals surface area (Å²) in [6, 6.07) is 8.22. The van der Waals surface area contributed by atoms with Crippen molar-refractivity contribution < 1.29 is 0 Å². The summed E-state index contributed by atoms with van der Waals surface area (Å²) in [5.74, 6) is 0.707. The molecule has 0 amide bonds. The number of nitrogens with zero attached hydrogens (tertiary/aromatic N) is 4. The fraction of sp³-hybridized carbons (Fsp3) is 0.214. The number of likely N-dealkylation sites (N-methyl/N-ethyl adjacent to an activating group) is 1. The van der Waals surface area contributed by atoms with Crippen LogP contribution >= 0.6 is 0 Å². The molecule has 0 fully saturated rings. The molecule has 2 aromatic rings. The lowest BCUT2D eigenvalue weighted by Crippen LogP contribution is -2.36. The minimum atomic E-state index is -0.0668. The molecule has 3 N–H and O–H groups in total. The summed E-state index contributed by atoms with van der Waals surface area (Å²) in [5.41, 5.74) is 8.09. The number of nitrogen functional groups attached to an aromatic ring is 1. The fourth-order valence-electron chi connectivity index (χ4n) is 2.34. The number of hydrogen-bond donors (Lipinski definition) is 2. The Bertz CT molecular complexity index is 636. The normalized spacial score (nSPS) is 14.1. The van der Waals surface area contributed by atoms with E-state index < -0.39 is 0 Å². The van der Waals surface area contributed by atoms with Crippen LogP contribution in [-0.2, 0) is 0 Å². The maximum atomic E-state index is 7.35. The number of nitrogens with two attached hydrogens (primary N) is 1. The third-order valence-electron chi connectivity index (χ3n) is 3.43. The zero-order valence-corrected chi connectivity index (χ0v) is 11.2. The van der Waals surface area contributed by atoms with Gasteiger partial charge >= 0.3 is 0 Å². The van der Waals surface area contributed by atoms with Crippen LogP contribution in [0.3, 0.4) is 0 Å². The Morgan fingerprint density at radius 3 is 2.55 bits per heavy atom. The van der Waals surface area contributed by atoms with Crippen LogP contribution in [0.4, 0.5) is 17.2 Å². The molecular formula is C14H16N6. The number of anilines is 3. The Balaban J connectivity index is 1.99. The van der Waals surface area contributed by atoms with Gasteiger partial charge in [-0.1, -0.05) is 12.1 Å². The highest BCUT2D eigenvalue weighted by Crippen LogP contribution is 2.35. The Labute approximate surface area is 117 Å². The van der Waals surface area contributed by atoms with E-state index in [2.05, 4.69) is 38.9 Å². The third kappa shape index (κ3) is 2.05. The largest absolute Gasteiger partial charge is 0.382 e. The minimum Gasteiger partial charge on any atom is -0.382 e. The van der Waals surface area contributed by atoms with Gasteiger partial charge in [-0.2, -0.15) is 0 Å². The van der Waals surface area contributed by atoms with Crippen LogP contribution in [-0.4, -0.2) is 35.9 Å². The first kappa shape index (κ1) is 12.4. The van der Waals surface area contributed by atoms with E-state index in [-0.39, 0.29) is 5.84 Å². The monoisotopic (exact) mass is 268 g/mol. The van der Waals surface area contributed by atoms with Crippen molar-refractivity contribution in [1.29, 1.82) is 5.41 Å². The molecule has 102 valence electrons. The first-order valence-corrected chi connectivity index (χ1v) is 6.41. The van der Waals surface area contributed by atoms with Gasteiger partial charge in [0.15, 0.2) is 5.82 Å². The van der Waals surface area contributed by atoms with E-state index in [4.69, 9.17) is 11.1 Å². The highest BCUT2D eigenvalue weighted by molar-refractivity contribution is 5.92. The zero-order valence-electron chi connectivity index (χ0n) is 11.2. The Hall–Kier alpha value is -2.63. The summed E-state index contributed by atoms with van der Waals surface area (Å²) in [6.45, 7) is 1.77. The molecule has 6 heteroatoms. The van der Waals surface area contributed by atoms with Crippen LogP contribution in [0.2, 0.25) is 0 Å². The summed E-state index contributed by atoms with van der Waals surface area (Å²) in [5, 5.41) is 7.35. The second-order valence-electron chi connectivity index (χ2n) is 4.74. The molecule has 0 spiro atoms. The molecule has 20 heavy (non-hydrogen) atoms. The maximum absolute atomic E-state index is 7.35. The van der Waals surface area contributed by atoms with E-state index in [9.17, 15) is 0 Å². The lowest BCUT2D eigenvalue weighted by molar-refractivity contribution is 0.810. The van der Waals surface area contributed by atoms with Gasteiger partial charge in [-0.3, -0.25) is 5.41 Å². The van der Waals surface area contributed by atoms with Crippen molar-refractivity contribution in [1.82, 2.24) is 9.97 Å². The van der Waals surface area contributed by atoms with Crippen molar-refractivity contribution >= 4 is 23.0 Å². The van der Waals surface area contributed by atoms with Crippen molar-refractivity contribution in [2.24, 2.45) is 5.73 Å². The molecule has 6 nitrogen and oxygen atoms in total. The number of para-hydroxylation sites is 2. The quantitative estimate of drug-likeness (QED) is 0.634. The SMILES string of the molecule is CN1CCN(c2cnc(C(=N)N)cn2)c2ccccc21. The van der Waals surface area contributed by atoms with Gasteiger partial charge in [-0.05, 0) is 12.1 Å². The molecule has 1 aromatic heterocycles. The predicted octanol–water partition coefficient (Wildman–Crippen LogP) is 1.35. The lowest BCUT2D eigenvalue weighted by Gasteiger charge is -2.36. The average Bonchev–Trinajstić information content (AvgIpc) is 2.48. The van der Waals surface area contributed by atoms with Crippen LogP contribution in [0.25, 0.3) is 0 Å². The summed E-state index contributed by atoms with van der Waals surface area (Å²) in [6.07, 6.45) is 3.21. The summed E-state index contributed by atoms with van der Waals surface area (Å²) < 4.78 is 0. The molecule has 0 unspecified atom stereocenters. The van der Waals surface area contributed by atoms with Crippen LogP contribution in [0.15, 0.2) is 36.7 Å². The van der Waals surface area contributed by atoms with Gasteiger partial charge in [-0.15, -0.1) is 0 Å². The van der Waals surface area contributed by atoms with E-state index in [1.54, 1.807) is 12.4 Å². The summed E-state index contributed by atoms with van der Waals surface area (Å²) in [7, 11) is 2.08. The Morgan fingerprint density at radius 2 is 1.90 bits per heavy atom. The lowest BCUT2D eigenvalue weighted by atomic mass is 10.2. The number of aromatic nitrogens is 2. The van der Waals surface area contributed by atoms with Crippen molar-refractivity contribution in [2.45, 2.75) is 0 Å². The van der Waals surface area contributed by atoms with E-state index in [0.29, 0.717) is 5.69 Å². The highest BCUT2D eigenvalue weighted by atomic mass is 15.3. The molecule has 1 aliphatic rings. The second kappa shape index (κ2) is 4.80. The first-order valence-electron chi connectivity index (χ1n) is 6.41. The molecule has 3 rings (SSSR count). The standard InChI is InChI=1S/C14H16N6/c1-19-6-7-20(12-5-3-2-4-11(12)19)13-9-17-10(8-18-13)14(15)16/h2-5,8-9H,6-7H2,1H3,(H3,15,16). The smallest absolute Gasteiger partial charge is 0.151 e. The van der Waals surface area contributed by atoms with Crippen molar-refractivity contribution in [3.8, 4) is 0 Å². The predicted molar refractivity (Wildman–Crippen MR) is 79.8 cm³/mol. The Kier molecular flexibility index (Phi) is 2.98. The Morgan fingerprint density at radius 1 is 1.15 bits per heavy atom. The average molecular weight is 268 g/mol. The number of hydrogen-bond acceptors (Lipinski definition) is 5. The van der Waals surface area contributed by atoms with Gasteiger partial charge in [0.05, 0.1) is 23.8 Å². The van der Waals surface area contributed by atoms with E-state index in [0.717, 1.165) is 24.6 Å². The first-order chi connectivity index (χ1) is 9.66. The highest BCUT2D eigenvalue weighted by Gasteiger charge is 2.21. The molecule has 0 bridgehead atoms. The van der Waals surface area contributed by atoms with Crippen molar-refractivity contribution in [3.05, 3.63) is 42.4 Å². The topological polar surface area (TPSA) is 82.1 Å². The molecule has 0 radical (unpaired) electrons. The van der Waals surface area contributed by atoms with Crippen molar-refractivity contribution in [3.63, 3.8) is 0 Å². The molecule has 1 aliphatic heterocycles. The van der Waals surface area contributed by atoms with E-state index >= 15 is 0 Å². The van der Waals surface area contributed by atoms with E-state index in [1.807, 2.05) is 12.1 Å². The van der Waals surface area contributed by atoms with Crippen LogP contribution in [0.5, 0.6) is 0 Å². The van der Waals surface area contributed by atoms with Gasteiger partial charge < -0.3 is 15.5 Å². The second-order valence-corrected chi connectivity index (χ2v) is 4.74. The summed E-state index contributed by atoms with van der Waals surface area (Å²) >= 11 is 0. The molecule has 2 heterocycles. The van der Waals surface area contributed by atoms with Gasteiger partial charge in [0.1, 0.15) is 11.5 Å². The number of amidine groups is 1. The molecule has 0 saturated carbocycles. The fourth-order valence-corrected chi connectivity index (χ4v) is 2.34. The third-order valence-corrected chi connectivity index (χ3v) is 3.43. The van der Waals surface area contributed by atoms with E-state index in [1.165, 1.54) is 5.69 Å². The molecule has 0 aliphatic carbocycles. The number of nitrogens with one attached hydrogen (secondary N) is 1. The van der Waals surface area contributed by atoms with Crippen LogP contribution in [0, 0.1) is 5.41 Å². The minimum absolute atomic E-state index is 0.0668. The number of benzene rings is 1. The molecule has 1 aromatic carbocycles. The zero-order chi connectivity index (χ0) is 14.1. The van der Waals surface area contributed by atoms with Crippen molar-refractivity contribution in [2.75, 3.05) is 29.9 Å². The maximum Gasteiger partial charge on any atom is 0.151 e. The van der Waals surface area contributed by atoms with Gasteiger partial charge in [-0.25, -0.2) is 9.97 Å². The molecular weight excluding hydrogens is 252 g/mol. The van der Waals surface area contributed by atoms with Gasteiger partial charge in [0, 0.05) is 20.1 Å². The van der Waals surface area contributed by atoms with Crippen LogP contribution in [0.1, 0.15) is 5.69 Å². The molecule has 0 atom stereocenters. The summed E-state index contributed by atoms with van der Waals surface area (Å²) in [4.78, 5) is 12.9. The number of rotatable bonds is 2. The van der Waals surface area contributed by atoms with Gasteiger partial charge in [0.2, 0.25) is 0 Å². The molecule has 0 saturated heterocycles. The number of fused-ring (bicyclic) bond motifs is 1. The van der Waals surface area contributed by atoms with Gasteiger partial charge in [0.25, 0.3) is 0 Å². The van der Waals surface area contributed by atoms with Crippen LogP contribution < -0.4 is 15.5 Å².